The van der Waals surface area contributed by atoms with Gasteiger partial charge in [0.1, 0.15) is 5.75 Å². The van der Waals surface area contributed by atoms with Crippen LogP contribution in [0.5, 0.6) is 5.75 Å². The summed E-state index contributed by atoms with van der Waals surface area (Å²) in [4.78, 5) is 16.1. The Labute approximate surface area is 116 Å². The molecule has 0 radical (unpaired) electrons. The first-order valence-electron chi connectivity index (χ1n) is 5.70. The highest BCUT2D eigenvalue weighted by Crippen LogP contribution is 2.46. The number of benzene rings is 1. The Morgan fingerprint density at radius 2 is 2.05 bits per heavy atom. The zero-order valence-corrected chi connectivity index (χ0v) is 11.0. The van der Waals surface area contributed by atoms with E-state index in [4.69, 9.17) is 4.74 Å². The van der Waals surface area contributed by atoms with Crippen LogP contribution in [0.4, 0.5) is 23.2 Å². The lowest BCUT2D eigenvalue weighted by Gasteiger charge is -2.27. The van der Waals surface area contributed by atoms with Gasteiger partial charge >= 0.3 is 17.7 Å². The average molecular weight is 309 g/mol. The summed E-state index contributed by atoms with van der Waals surface area (Å²) in [7, 11) is 2.04. The van der Waals surface area contributed by atoms with Crippen LogP contribution >= 0.6 is 0 Å². The molecule has 9 heteroatoms. The molecule has 0 amide bonds. The first kappa shape index (κ1) is 15.4. The molecule has 2 rings (SSSR count). The predicted molar refractivity (Wildman–Crippen MR) is 62.2 cm³/mol. The van der Waals surface area contributed by atoms with E-state index in [2.05, 4.69) is 15.1 Å². The normalized spacial score (nSPS) is 20.7. The maximum Gasteiger partial charge on any atom is 0.439 e. The molecule has 1 aromatic rings. The summed E-state index contributed by atoms with van der Waals surface area (Å²) >= 11 is 0. The number of hydrogen-bond donors (Lipinski definition) is 1. The second kappa shape index (κ2) is 5.06. The zero-order chi connectivity index (χ0) is 15.8. The Morgan fingerprint density at radius 1 is 1.38 bits per heavy atom. The van der Waals surface area contributed by atoms with Crippen LogP contribution in [0.15, 0.2) is 12.1 Å². The van der Waals surface area contributed by atoms with Crippen molar-refractivity contribution >= 4 is 11.7 Å². The van der Waals surface area contributed by atoms with Gasteiger partial charge in [0, 0.05) is 18.1 Å². The minimum Gasteiger partial charge on any atom is -0.466 e. The number of methoxy groups -OCH3 is 1. The zero-order valence-electron chi connectivity index (χ0n) is 11.0. The molecule has 0 saturated heterocycles. The van der Waals surface area contributed by atoms with E-state index in [0.29, 0.717) is 0 Å². The van der Waals surface area contributed by atoms with Crippen LogP contribution < -0.4 is 10.2 Å². The van der Waals surface area contributed by atoms with Crippen molar-refractivity contribution in [3.05, 3.63) is 23.5 Å². The number of rotatable bonds is 3. The monoisotopic (exact) mass is 309 g/mol. The van der Waals surface area contributed by atoms with Gasteiger partial charge in [-0.1, -0.05) is 0 Å². The number of ether oxygens (including phenoxy) is 2. The molecule has 0 spiro atoms. The number of carbonyl (C=O) groups excluding carboxylic acids is 1. The number of fused-ring (bicyclic) bond motifs is 1. The highest BCUT2D eigenvalue weighted by molar-refractivity contribution is 5.83. The van der Waals surface area contributed by atoms with Gasteiger partial charge in [-0.15, -0.1) is 0 Å². The van der Waals surface area contributed by atoms with Crippen molar-refractivity contribution in [3.8, 4) is 5.75 Å². The molecule has 1 N–H and O–H groups in total. The number of hydrogen-bond acceptors (Lipinski definition) is 5. The van der Waals surface area contributed by atoms with E-state index in [1.54, 1.807) is 0 Å². The molecule has 0 aromatic heterocycles. The van der Waals surface area contributed by atoms with Gasteiger partial charge in [0.05, 0.1) is 19.9 Å². The average Bonchev–Trinajstić information content (AvgIpc) is 2.77. The summed E-state index contributed by atoms with van der Waals surface area (Å²) in [5.74, 6) is -2.83. The second-order valence-corrected chi connectivity index (χ2v) is 4.34. The van der Waals surface area contributed by atoms with Crippen molar-refractivity contribution in [2.75, 3.05) is 19.7 Å². The molecular weight excluding hydrogens is 298 g/mol. The van der Waals surface area contributed by atoms with E-state index in [1.165, 1.54) is 7.11 Å². The van der Waals surface area contributed by atoms with Crippen molar-refractivity contribution in [1.29, 1.82) is 0 Å². The van der Waals surface area contributed by atoms with E-state index >= 15 is 0 Å². The lowest BCUT2D eigenvalue weighted by Crippen LogP contribution is -2.56. The Morgan fingerprint density at radius 3 is 2.57 bits per heavy atom. The number of anilines is 1. The number of alkyl halides is 3. The van der Waals surface area contributed by atoms with Gasteiger partial charge in [-0.3, -0.25) is 10.3 Å². The van der Waals surface area contributed by atoms with Crippen molar-refractivity contribution in [3.63, 3.8) is 0 Å². The van der Waals surface area contributed by atoms with Gasteiger partial charge in [0.2, 0.25) is 0 Å². The highest BCUT2D eigenvalue weighted by Gasteiger charge is 2.67. The molecule has 1 unspecified atom stereocenters. The largest absolute Gasteiger partial charge is 0.466 e. The Kier molecular flexibility index (Phi) is 3.70. The van der Waals surface area contributed by atoms with Crippen molar-refractivity contribution in [2.45, 2.75) is 18.2 Å². The molecule has 0 aliphatic carbocycles. The first-order valence-corrected chi connectivity index (χ1v) is 5.70. The van der Waals surface area contributed by atoms with E-state index in [1.807, 2.05) is 0 Å². The van der Waals surface area contributed by atoms with Gasteiger partial charge in [-0.2, -0.15) is 13.2 Å². The third kappa shape index (κ3) is 2.37. The van der Waals surface area contributed by atoms with E-state index in [-0.39, 0.29) is 17.0 Å². The topological polar surface area (TPSA) is 56.8 Å². The fourth-order valence-electron chi connectivity index (χ4n) is 2.07. The van der Waals surface area contributed by atoms with Crippen molar-refractivity contribution in [1.82, 2.24) is 0 Å². The van der Waals surface area contributed by atoms with Crippen LogP contribution in [0.2, 0.25) is 0 Å². The Hall–Kier alpha value is -2.03. The standard InChI is InChI=1S/C12H11F4NO4/c1-19-10(18)11(12(14,15)16)5-6-3-8(17-20-2)7(13)4-9(6)21-11/h3-4,17H,5H2,1-2H3. The van der Waals surface area contributed by atoms with Crippen LogP contribution in [0.1, 0.15) is 5.56 Å². The van der Waals surface area contributed by atoms with Gasteiger partial charge in [-0.05, 0) is 6.07 Å². The van der Waals surface area contributed by atoms with Gasteiger partial charge in [0.15, 0.2) is 5.82 Å². The van der Waals surface area contributed by atoms with Crippen LogP contribution in [-0.2, 0) is 20.8 Å². The molecule has 5 nitrogen and oxygen atoms in total. The van der Waals surface area contributed by atoms with Crippen molar-refractivity contribution < 1.29 is 36.7 Å². The van der Waals surface area contributed by atoms with Gasteiger partial charge in [0.25, 0.3) is 0 Å². The fraction of sp³-hybridized carbons (Fsp3) is 0.417. The summed E-state index contributed by atoms with van der Waals surface area (Å²) in [6.45, 7) is 0. The molecule has 116 valence electrons. The quantitative estimate of drug-likeness (QED) is 0.527. The smallest absolute Gasteiger partial charge is 0.439 e. The van der Waals surface area contributed by atoms with Crippen LogP contribution in [0.25, 0.3) is 0 Å². The summed E-state index contributed by atoms with van der Waals surface area (Å²) in [6.07, 6.45) is -5.82. The number of esters is 1. The van der Waals surface area contributed by atoms with Crippen LogP contribution in [0.3, 0.4) is 0 Å². The maximum absolute atomic E-state index is 13.6. The number of nitrogens with one attached hydrogen (secondary N) is 1. The van der Waals surface area contributed by atoms with Gasteiger partial charge < -0.3 is 9.47 Å². The first-order chi connectivity index (χ1) is 9.75. The molecule has 1 heterocycles. The van der Waals surface area contributed by atoms with Crippen molar-refractivity contribution in [2.24, 2.45) is 0 Å². The molecule has 0 bridgehead atoms. The molecule has 0 fully saturated rings. The third-order valence-electron chi connectivity index (χ3n) is 3.06. The molecule has 1 atom stereocenters. The summed E-state index contributed by atoms with van der Waals surface area (Å²) in [5.41, 5.74) is -1.13. The minimum atomic E-state index is -5.01. The predicted octanol–water partition coefficient (Wildman–Crippen LogP) is 2.21. The molecular formula is C12H11F4NO4. The molecule has 0 saturated carbocycles. The van der Waals surface area contributed by atoms with Gasteiger partial charge in [-0.25, -0.2) is 9.18 Å². The molecule has 1 aliphatic rings. The maximum atomic E-state index is 13.6. The Bertz CT molecular complexity index is 575. The van der Waals surface area contributed by atoms with E-state index < -0.39 is 30.0 Å². The fourth-order valence-corrected chi connectivity index (χ4v) is 2.07. The molecule has 1 aliphatic heterocycles. The highest BCUT2D eigenvalue weighted by atomic mass is 19.4. The number of carbonyl (C=O) groups is 1. The SMILES string of the molecule is CONc1cc2c(cc1F)OC(C(=O)OC)(C(F)(F)F)C2. The second-order valence-electron chi connectivity index (χ2n) is 4.34. The summed E-state index contributed by atoms with van der Waals surface area (Å²) in [6, 6.07) is 1.84. The van der Waals surface area contributed by atoms with Crippen LogP contribution in [-0.4, -0.2) is 32.0 Å². The Balaban J connectivity index is 2.47. The third-order valence-corrected chi connectivity index (χ3v) is 3.06. The van der Waals surface area contributed by atoms with Crippen LogP contribution in [0, 0.1) is 5.82 Å². The minimum absolute atomic E-state index is 0.0127. The molecule has 1 aromatic carbocycles. The number of halogens is 4. The lowest BCUT2D eigenvalue weighted by atomic mass is 9.96. The summed E-state index contributed by atoms with van der Waals surface area (Å²) in [5, 5.41) is 0. The van der Waals surface area contributed by atoms with E-state index in [9.17, 15) is 22.4 Å². The van der Waals surface area contributed by atoms with E-state index in [0.717, 1.165) is 19.2 Å². The molecule has 21 heavy (non-hydrogen) atoms. The lowest BCUT2D eigenvalue weighted by molar-refractivity contribution is -0.246. The summed E-state index contributed by atoms with van der Waals surface area (Å²) < 4.78 is 62.2.